The van der Waals surface area contributed by atoms with Gasteiger partial charge in [0, 0.05) is 55.4 Å². The summed E-state index contributed by atoms with van der Waals surface area (Å²) in [7, 11) is 0. The van der Waals surface area contributed by atoms with Crippen LogP contribution in [0.25, 0.3) is 10.9 Å². The van der Waals surface area contributed by atoms with Gasteiger partial charge in [-0.05, 0) is 18.6 Å². The van der Waals surface area contributed by atoms with Crippen LogP contribution < -0.4 is 0 Å². The molecule has 3 N–H and O–H groups in total. The number of rotatable bonds is 7. The highest BCUT2D eigenvalue weighted by Crippen LogP contribution is 2.30. The predicted octanol–water partition coefficient (Wildman–Crippen LogP) is 2.37. The second-order valence-corrected chi connectivity index (χ2v) is 8.01. The van der Waals surface area contributed by atoms with Gasteiger partial charge < -0.3 is 15.2 Å². The Hall–Kier alpha value is -2.51. The van der Waals surface area contributed by atoms with E-state index >= 15 is 0 Å². The zero-order valence-corrected chi connectivity index (χ0v) is 17.3. The Morgan fingerprint density at radius 1 is 1.07 bits per heavy atom. The molecule has 6 nitrogen and oxygen atoms in total. The lowest BCUT2D eigenvalue weighted by molar-refractivity contribution is 0.0168. The van der Waals surface area contributed by atoms with Crippen LogP contribution in [0.4, 0.5) is 0 Å². The first-order chi connectivity index (χ1) is 14.6. The zero-order valence-electron chi connectivity index (χ0n) is 17.3. The van der Waals surface area contributed by atoms with Crippen LogP contribution in [-0.2, 0) is 0 Å². The number of piperazine rings is 1. The van der Waals surface area contributed by atoms with E-state index in [4.69, 9.17) is 0 Å². The fourth-order valence-electron chi connectivity index (χ4n) is 4.34. The highest BCUT2D eigenvalue weighted by molar-refractivity contribution is 6.10. The molecule has 0 unspecified atom stereocenters. The molecule has 1 saturated heterocycles. The summed E-state index contributed by atoms with van der Waals surface area (Å²) in [5.74, 6) is -0.268. The topological polar surface area (TPSA) is 79.8 Å². The molecular weight excluding hydrogens is 378 g/mol. The maximum absolute atomic E-state index is 13.4. The number of aryl methyl sites for hydroxylation is 1. The fraction of sp³-hybridized carbons (Fsp3) is 0.375. The number of nitrogens with zero attached hydrogens (tertiary/aromatic N) is 2. The monoisotopic (exact) mass is 407 g/mol. The van der Waals surface area contributed by atoms with Gasteiger partial charge in [-0.15, -0.1) is 0 Å². The van der Waals surface area contributed by atoms with Gasteiger partial charge in [-0.2, -0.15) is 0 Å². The third-order valence-corrected chi connectivity index (χ3v) is 6.06. The second kappa shape index (κ2) is 9.10. The molecule has 0 aliphatic carbocycles. The van der Waals surface area contributed by atoms with Gasteiger partial charge in [0.2, 0.25) is 0 Å². The molecule has 30 heavy (non-hydrogen) atoms. The molecule has 1 aromatic heterocycles. The van der Waals surface area contributed by atoms with E-state index in [1.54, 1.807) is 6.20 Å². The van der Waals surface area contributed by atoms with Crippen molar-refractivity contribution in [3.8, 4) is 0 Å². The van der Waals surface area contributed by atoms with Gasteiger partial charge in [0.1, 0.15) is 6.10 Å². The summed E-state index contributed by atoms with van der Waals surface area (Å²) < 4.78 is 0. The first kappa shape index (κ1) is 20.8. The third kappa shape index (κ3) is 4.18. The van der Waals surface area contributed by atoms with Crippen molar-refractivity contribution in [1.82, 2.24) is 14.8 Å². The molecule has 0 bridgehead atoms. The van der Waals surface area contributed by atoms with Crippen molar-refractivity contribution in [2.75, 3.05) is 39.3 Å². The van der Waals surface area contributed by atoms with Crippen molar-refractivity contribution in [1.29, 1.82) is 0 Å². The summed E-state index contributed by atoms with van der Waals surface area (Å²) in [4.78, 5) is 20.9. The van der Waals surface area contributed by atoms with Crippen molar-refractivity contribution in [3.05, 3.63) is 71.4 Å². The Morgan fingerprint density at radius 2 is 1.77 bits per heavy atom. The highest BCUT2D eigenvalue weighted by Gasteiger charge is 2.35. The van der Waals surface area contributed by atoms with E-state index in [2.05, 4.69) is 14.8 Å². The quantitative estimate of drug-likeness (QED) is 0.524. The number of aliphatic hydroxyl groups excluding tert-OH is 2. The van der Waals surface area contributed by atoms with E-state index in [1.165, 1.54) is 0 Å². The van der Waals surface area contributed by atoms with E-state index in [1.807, 2.05) is 55.5 Å². The minimum Gasteiger partial charge on any atom is -0.395 e. The number of β-amino-alcohol motifs (C(OH)–C–C–N with tert-alkyl or cyclic N) is 1. The molecule has 0 radical (unpaired) electrons. The molecule has 2 heterocycles. The Balaban J connectivity index is 1.63. The SMILES string of the molecule is Cc1ccc([C@@H]([C@H](O)C(=O)c2c[nH]c3ccccc23)N2CCN(CCO)CC2)cc1. The number of hydrogen-bond donors (Lipinski definition) is 3. The first-order valence-electron chi connectivity index (χ1n) is 10.5. The average molecular weight is 408 g/mol. The Bertz CT molecular complexity index is 990. The van der Waals surface area contributed by atoms with Gasteiger partial charge in [0.05, 0.1) is 12.6 Å². The summed E-state index contributed by atoms with van der Waals surface area (Å²) in [6.07, 6.45) is 0.526. The Labute approximate surface area is 176 Å². The number of ketones is 1. The van der Waals surface area contributed by atoms with Crippen LogP contribution in [0.2, 0.25) is 0 Å². The molecule has 2 atom stereocenters. The maximum atomic E-state index is 13.4. The van der Waals surface area contributed by atoms with Crippen LogP contribution in [0.15, 0.2) is 54.7 Å². The molecule has 1 aliphatic rings. The second-order valence-electron chi connectivity index (χ2n) is 8.01. The van der Waals surface area contributed by atoms with Crippen molar-refractivity contribution in [2.45, 2.75) is 19.1 Å². The van der Waals surface area contributed by atoms with Crippen LogP contribution in [0.1, 0.15) is 27.5 Å². The van der Waals surface area contributed by atoms with Gasteiger partial charge in [-0.3, -0.25) is 14.6 Å². The van der Waals surface area contributed by atoms with Crippen LogP contribution in [-0.4, -0.2) is 76.2 Å². The number of nitrogens with one attached hydrogen (secondary N) is 1. The standard InChI is InChI=1S/C24H29N3O3/c1-17-6-8-18(9-7-17)22(27-12-10-26(11-13-27)14-15-28)24(30)23(29)20-16-25-21-5-3-2-4-19(20)21/h2-9,16,22,24-25,28,30H,10-15H2,1H3/t22-,24-/m0/s1. The van der Waals surface area contributed by atoms with Gasteiger partial charge in [-0.1, -0.05) is 48.0 Å². The summed E-state index contributed by atoms with van der Waals surface area (Å²) in [6, 6.07) is 15.3. The Kier molecular flexibility index (Phi) is 6.29. The van der Waals surface area contributed by atoms with Gasteiger partial charge in [0.15, 0.2) is 5.78 Å². The van der Waals surface area contributed by atoms with E-state index in [-0.39, 0.29) is 12.4 Å². The van der Waals surface area contributed by atoms with Crippen LogP contribution in [0, 0.1) is 6.92 Å². The number of Topliss-reactive ketones (excluding diaryl/α,β-unsaturated/α-hetero) is 1. The number of aromatic amines is 1. The number of hydrogen-bond acceptors (Lipinski definition) is 5. The summed E-state index contributed by atoms with van der Waals surface area (Å²) in [6.45, 7) is 5.89. The minimum atomic E-state index is -1.17. The smallest absolute Gasteiger partial charge is 0.195 e. The van der Waals surface area contributed by atoms with Crippen molar-refractivity contribution in [2.24, 2.45) is 0 Å². The highest BCUT2D eigenvalue weighted by atomic mass is 16.3. The van der Waals surface area contributed by atoms with Crippen LogP contribution in [0.3, 0.4) is 0 Å². The molecule has 2 aromatic carbocycles. The van der Waals surface area contributed by atoms with E-state index in [0.717, 1.165) is 48.2 Å². The van der Waals surface area contributed by atoms with Gasteiger partial charge in [0.25, 0.3) is 0 Å². The van der Waals surface area contributed by atoms with Crippen molar-refractivity contribution < 1.29 is 15.0 Å². The number of benzene rings is 2. The van der Waals surface area contributed by atoms with Gasteiger partial charge in [-0.25, -0.2) is 0 Å². The van der Waals surface area contributed by atoms with E-state index < -0.39 is 12.1 Å². The molecule has 0 spiro atoms. The number of fused-ring (bicyclic) bond motifs is 1. The number of aromatic nitrogens is 1. The molecule has 3 aromatic rings. The molecule has 1 fully saturated rings. The Morgan fingerprint density at radius 3 is 2.47 bits per heavy atom. The van der Waals surface area contributed by atoms with Crippen LogP contribution in [0.5, 0.6) is 0 Å². The van der Waals surface area contributed by atoms with Crippen molar-refractivity contribution in [3.63, 3.8) is 0 Å². The summed E-state index contributed by atoms with van der Waals surface area (Å²) >= 11 is 0. The predicted molar refractivity (Wildman–Crippen MR) is 118 cm³/mol. The maximum Gasteiger partial charge on any atom is 0.195 e. The number of carbonyl (C=O) groups is 1. The molecule has 1 aliphatic heterocycles. The zero-order chi connectivity index (χ0) is 21.1. The molecular formula is C24H29N3O3. The average Bonchev–Trinajstić information content (AvgIpc) is 3.20. The lowest BCUT2D eigenvalue weighted by atomic mass is 9.92. The molecule has 6 heteroatoms. The summed E-state index contributed by atoms with van der Waals surface area (Å²) in [5, 5.41) is 21.3. The third-order valence-electron chi connectivity index (χ3n) is 6.06. The van der Waals surface area contributed by atoms with Crippen LogP contribution >= 0.6 is 0 Å². The van der Waals surface area contributed by atoms with E-state index in [0.29, 0.717) is 12.1 Å². The number of carbonyl (C=O) groups excluding carboxylic acids is 1. The number of para-hydroxylation sites is 1. The first-order valence-corrected chi connectivity index (χ1v) is 10.5. The van der Waals surface area contributed by atoms with Crippen molar-refractivity contribution >= 4 is 16.7 Å². The lowest BCUT2D eigenvalue weighted by Crippen LogP contribution is -2.51. The molecule has 0 amide bonds. The number of aliphatic hydroxyl groups is 2. The number of H-pyrrole nitrogens is 1. The molecule has 158 valence electrons. The fourth-order valence-corrected chi connectivity index (χ4v) is 4.34. The molecule has 4 rings (SSSR count). The largest absolute Gasteiger partial charge is 0.395 e. The normalized spacial score (nSPS) is 17.8. The van der Waals surface area contributed by atoms with E-state index in [9.17, 15) is 15.0 Å². The minimum absolute atomic E-state index is 0.142. The summed E-state index contributed by atoms with van der Waals surface area (Å²) in [5.41, 5.74) is 3.49. The molecule has 0 saturated carbocycles. The van der Waals surface area contributed by atoms with Gasteiger partial charge >= 0.3 is 0 Å². The lowest BCUT2D eigenvalue weighted by Gasteiger charge is -2.40.